The number of nitrogens with two attached hydrogens (primary N) is 1. The first-order valence-corrected chi connectivity index (χ1v) is 4.64. The van der Waals surface area contributed by atoms with Crippen LogP contribution in [0.3, 0.4) is 0 Å². The second-order valence-electron chi connectivity index (χ2n) is 4.86. The molecular weight excluding hydrogens is 182 g/mol. The highest BCUT2D eigenvalue weighted by atomic mass is 16.5. The van der Waals surface area contributed by atoms with Crippen molar-refractivity contribution in [3.63, 3.8) is 0 Å². The number of hydrogen-bond donors (Lipinski definition) is 1. The van der Waals surface area contributed by atoms with E-state index in [-0.39, 0.29) is 11.5 Å². The molecule has 0 saturated carbocycles. The highest BCUT2D eigenvalue weighted by Crippen LogP contribution is 2.17. The van der Waals surface area contributed by atoms with Gasteiger partial charge in [0.25, 0.3) is 0 Å². The second kappa shape index (κ2) is 4.75. The van der Waals surface area contributed by atoms with E-state index >= 15 is 0 Å². The monoisotopic (exact) mass is 203 g/mol. The topological polar surface area (TPSA) is 61.5 Å². The summed E-state index contributed by atoms with van der Waals surface area (Å²) in [6, 6.07) is 0. The Bertz CT molecular complexity index is 194. The SMILES string of the molecule is COC(=O)C(C)(C)COCC(C)(C)N. The van der Waals surface area contributed by atoms with E-state index in [9.17, 15) is 4.79 Å². The molecule has 0 amide bonds. The number of carbonyl (C=O) groups is 1. The van der Waals surface area contributed by atoms with Crippen molar-refractivity contribution in [2.75, 3.05) is 20.3 Å². The third kappa shape index (κ3) is 5.19. The molecule has 0 heterocycles. The van der Waals surface area contributed by atoms with Crippen molar-refractivity contribution in [1.29, 1.82) is 0 Å². The van der Waals surface area contributed by atoms with Gasteiger partial charge in [-0.15, -0.1) is 0 Å². The lowest BCUT2D eigenvalue weighted by atomic mass is 9.95. The van der Waals surface area contributed by atoms with E-state index in [4.69, 9.17) is 10.5 Å². The van der Waals surface area contributed by atoms with Gasteiger partial charge in [-0.2, -0.15) is 0 Å². The zero-order valence-electron chi connectivity index (χ0n) is 9.72. The van der Waals surface area contributed by atoms with Crippen LogP contribution in [-0.4, -0.2) is 31.8 Å². The van der Waals surface area contributed by atoms with Crippen molar-refractivity contribution in [2.45, 2.75) is 33.2 Å². The van der Waals surface area contributed by atoms with Gasteiger partial charge in [0.1, 0.15) is 0 Å². The number of carbonyl (C=O) groups excluding carboxylic acids is 1. The molecule has 0 saturated heterocycles. The largest absolute Gasteiger partial charge is 0.469 e. The molecule has 0 aliphatic heterocycles. The van der Waals surface area contributed by atoms with Gasteiger partial charge >= 0.3 is 5.97 Å². The zero-order chi connectivity index (χ0) is 11.4. The Morgan fingerprint density at radius 1 is 1.21 bits per heavy atom. The first kappa shape index (κ1) is 13.4. The molecule has 84 valence electrons. The van der Waals surface area contributed by atoms with E-state index in [1.165, 1.54) is 7.11 Å². The number of hydrogen-bond acceptors (Lipinski definition) is 4. The van der Waals surface area contributed by atoms with Crippen LogP contribution in [0.5, 0.6) is 0 Å². The molecule has 0 aliphatic carbocycles. The molecule has 0 bridgehead atoms. The van der Waals surface area contributed by atoms with Crippen molar-refractivity contribution in [2.24, 2.45) is 11.1 Å². The van der Waals surface area contributed by atoms with E-state index in [1.54, 1.807) is 13.8 Å². The molecule has 4 heteroatoms. The zero-order valence-corrected chi connectivity index (χ0v) is 9.72. The van der Waals surface area contributed by atoms with Crippen LogP contribution >= 0.6 is 0 Å². The van der Waals surface area contributed by atoms with Crippen LogP contribution in [0.1, 0.15) is 27.7 Å². The lowest BCUT2D eigenvalue weighted by molar-refractivity contribution is -0.154. The Labute approximate surface area is 85.8 Å². The van der Waals surface area contributed by atoms with Gasteiger partial charge < -0.3 is 15.2 Å². The van der Waals surface area contributed by atoms with Crippen LogP contribution in [0.4, 0.5) is 0 Å². The average Bonchev–Trinajstić information content (AvgIpc) is 2.00. The first-order chi connectivity index (χ1) is 6.19. The van der Waals surface area contributed by atoms with Crippen LogP contribution in [0.25, 0.3) is 0 Å². The molecule has 0 spiro atoms. The highest BCUT2D eigenvalue weighted by molar-refractivity contribution is 5.75. The second-order valence-corrected chi connectivity index (χ2v) is 4.86. The highest BCUT2D eigenvalue weighted by Gasteiger charge is 2.29. The average molecular weight is 203 g/mol. The van der Waals surface area contributed by atoms with Crippen LogP contribution in [0, 0.1) is 5.41 Å². The molecule has 0 fully saturated rings. The third-order valence-electron chi connectivity index (χ3n) is 1.67. The first-order valence-electron chi connectivity index (χ1n) is 4.64. The van der Waals surface area contributed by atoms with Gasteiger partial charge in [0.2, 0.25) is 0 Å². The van der Waals surface area contributed by atoms with Gasteiger partial charge in [-0.25, -0.2) is 0 Å². The van der Waals surface area contributed by atoms with E-state index in [0.717, 1.165) is 0 Å². The number of ether oxygens (including phenoxy) is 2. The number of rotatable bonds is 5. The summed E-state index contributed by atoms with van der Waals surface area (Å²) in [5, 5.41) is 0. The van der Waals surface area contributed by atoms with Crippen molar-refractivity contribution < 1.29 is 14.3 Å². The summed E-state index contributed by atoms with van der Waals surface area (Å²) in [5.41, 5.74) is 4.75. The maximum absolute atomic E-state index is 11.3. The Kier molecular flexibility index (Phi) is 4.55. The molecule has 0 atom stereocenters. The van der Waals surface area contributed by atoms with Gasteiger partial charge in [0.05, 0.1) is 25.7 Å². The summed E-state index contributed by atoms with van der Waals surface area (Å²) < 4.78 is 10.0. The minimum absolute atomic E-state index is 0.271. The Hall–Kier alpha value is -0.610. The molecular formula is C10H21NO3. The summed E-state index contributed by atoms with van der Waals surface area (Å²) in [5.74, 6) is -0.271. The molecule has 0 aromatic carbocycles. The molecule has 14 heavy (non-hydrogen) atoms. The molecule has 0 aliphatic rings. The minimum Gasteiger partial charge on any atom is -0.469 e. The summed E-state index contributed by atoms with van der Waals surface area (Å²) in [6.45, 7) is 8.05. The maximum atomic E-state index is 11.3. The fraction of sp³-hybridized carbons (Fsp3) is 0.900. The van der Waals surface area contributed by atoms with Gasteiger partial charge in [-0.3, -0.25) is 4.79 Å². The predicted molar refractivity (Wildman–Crippen MR) is 54.9 cm³/mol. The van der Waals surface area contributed by atoms with Gasteiger partial charge in [0.15, 0.2) is 0 Å². The molecule has 0 unspecified atom stereocenters. The lowest BCUT2D eigenvalue weighted by Crippen LogP contribution is -2.40. The predicted octanol–water partition coefficient (Wildman–Crippen LogP) is 0.939. The van der Waals surface area contributed by atoms with Gasteiger partial charge in [0, 0.05) is 5.54 Å². The fourth-order valence-corrected chi connectivity index (χ4v) is 0.904. The Balaban J connectivity index is 3.94. The Morgan fingerprint density at radius 2 is 1.71 bits per heavy atom. The van der Waals surface area contributed by atoms with Crippen molar-refractivity contribution in [1.82, 2.24) is 0 Å². The van der Waals surface area contributed by atoms with E-state index in [2.05, 4.69) is 4.74 Å². The van der Waals surface area contributed by atoms with E-state index in [0.29, 0.717) is 13.2 Å². The summed E-state index contributed by atoms with van der Waals surface area (Å²) >= 11 is 0. The summed E-state index contributed by atoms with van der Waals surface area (Å²) in [7, 11) is 1.37. The summed E-state index contributed by atoms with van der Waals surface area (Å²) in [6.07, 6.45) is 0. The van der Waals surface area contributed by atoms with Crippen LogP contribution < -0.4 is 5.73 Å². The standard InChI is InChI=1S/C10H21NO3/c1-9(2,8(12)13-5)6-14-7-10(3,4)11/h6-7,11H2,1-5H3. The smallest absolute Gasteiger partial charge is 0.313 e. The van der Waals surface area contributed by atoms with Gasteiger partial charge in [-0.1, -0.05) is 0 Å². The normalized spacial score (nSPS) is 12.7. The van der Waals surface area contributed by atoms with Crippen LogP contribution in [0.2, 0.25) is 0 Å². The van der Waals surface area contributed by atoms with Crippen molar-refractivity contribution in [3.05, 3.63) is 0 Å². The lowest BCUT2D eigenvalue weighted by Gasteiger charge is -2.24. The fourth-order valence-electron chi connectivity index (χ4n) is 0.904. The molecule has 0 radical (unpaired) electrons. The van der Waals surface area contributed by atoms with E-state index in [1.807, 2.05) is 13.8 Å². The third-order valence-corrected chi connectivity index (χ3v) is 1.67. The molecule has 0 aromatic rings. The maximum Gasteiger partial charge on any atom is 0.313 e. The van der Waals surface area contributed by atoms with Crippen molar-refractivity contribution >= 4 is 5.97 Å². The number of methoxy groups -OCH3 is 1. The summed E-state index contributed by atoms with van der Waals surface area (Å²) in [4.78, 5) is 11.3. The molecule has 0 rings (SSSR count). The minimum atomic E-state index is -0.611. The molecule has 4 nitrogen and oxygen atoms in total. The van der Waals surface area contributed by atoms with Crippen molar-refractivity contribution in [3.8, 4) is 0 Å². The van der Waals surface area contributed by atoms with E-state index < -0.39 is 5.41 Å². The van der Waals surface area contributed by atoms with Crippen LogP contribution in [0.15, 0.2) is 0 Å². The van der Waals surface area contributed by atoms with Crippen LogP contribution in [-0.2, 0) is 14.3 Å². The van der Waals surface area contributed by atoms with Gasteiger partial charge in [-0.05, 0) is 27.7 Å². The quantitative estimate of drug-likeness (QED) is 0.675. The molecule has 2 N–H and O–H groups in total. The Morgan fingerprint density at radius 3 is 2.07 bits per heavy atom. The molecule has 0 aromatic heterocycles. The number of esters is 1.